The molecule has 2 heterocycles. The molecule has 0 fully saturated rings. The number of aromatic nitrogens is 4. The molecule has 18 heavy (non-hydrogen) atoms. The maximum absolute atomic E-state index is 12.5. The molecule has 0 amide bonds. The molecule has 0 saturated carbocycles. The zero-order valence-corrected chi connectivity index (χ0v) is 10.1. The molecule has 3 N–H and O–H groups in total. The molecular formula is C8H10F3N5OS. The van der Waals surface area contributed by atoms with Gasteiger partial charge in [0, 0.05) is 13.0 Å². The Morgan fingerprint density at radius 1 is 1.39 bits per heavy atom. The summed E-state index contributed by atoms with van der Waals surface area (Å²) < 4.78 is 38.2. The predicted molar refractivity (Wildman–Crippen MR) is 57.0 cm³/mol. The quantitative estimate of drug-likeness (QED) is 0.853. The Morgan fingerprint density at radius 3 is 2.61 bits per heavy atom. The minimum atomic E-state index is -4.61. The van der Waals surface area contributed by atoms with Gasteiger partial charge in [0.1, 0.15) is 5.01 Å². The fourth-order valence-corrected chi connectivity index (χ4v) is 2.31. The summed E-state index contributed by atoms with van der Waals surface area (Å²) in [5.74, 6) is -1.17. The second-order valence-electron chi connectivity index (χ2n) is 4.09. The van der Waals surface area contributed by atoms with Gasteiger partial charge < -0.3 is 10.8 Å². The third-order valence-corrected chi connectivity index (χ3v) is 3.16. The maximum Gasteiger partial charge on any atom is 0.453 e. The highest BCUT2D eigenvalue weighted by Gasteiger charge is 2.38. The zero-order valence-electron chi connectivity index (χ0n) is 9.27. The van der Waals surface area contributed by atoms with Crippen molar-refractivity contribution in [3.63, 3.8) is 0 Å². The fourth-order valence-electron chi connectivity index (χ4n) is 1.30. The van der Waals surface area contributed by atoms with Crippen molar-refractivity contribution in [2.75, 3.05) is 6.54 Å². The zero-order chi connectivity index (χ0) is 13.6. The van der Waals surface area contributed by atoms with E-state index in [1.165, 1.54) is 6.92 Å². The SMILES string of the molecule is CC(O)(CN)Cc1nn2c(C(F)(F)F)nnc2s1. The maximum atomic E-state index is 12.5. The minimum Gasteiger partial charge on any atom is -0.388 e. The highest BCUT2D eigenvalue weighted by molar-refractivity contribution is 7.16. The second-order valence-corrected chi connectivity index (χ2v) is 5.13. The van der Waals surface area contributed by atoms with Crippen molar-refractivity contribution in [3.8, 4) is 0 Å². The molecule has 1 unspecified atom stereocenters. The lowest BCUT2D eigenvalue weighted by molar-refractivity contribution is -0.146. The molecule has 0 aliphatic rings. The Hall–Kier alpha value is -1.26. The standard InChI is InChI=1S/C8H10F3N5OS/c1-7(17,3-12)2-4-15-16-5(8(9,10)11)13-14-6(16)18-4/h17H,2-3,12H2,1H3. The first-order chi connectivity index (χ1) is 8.23. The van der Waals surface area contributed by atoms with Gasteiger partial charge in [-0.15, -0.1) is 10.2 Å². The average Bonchev–Trinajstić information content (AvgIpc) is 2.74. The summed E-state index contributed by atoms with van der Waals surface area (Å²) in [5, 5.41) is 20.2. The van der Waals surface area contributed by atoms with Gasteiger partial charge in [-0.05, 0) is 6.92 Å². The van der Waals surface area contributed by atoms with Crippen LogP contribution in [0.3, 0.4) is 0 Å². The Bertz CT molecular complexity index is 561. The van der Waals surface area contributed by atoms with Crippen molar-refractivity contribution in [1.82, 2.24) is 19.8 Å². The number of fused-ring (bicyclic) bond motifs is 1. The third-order valence-electron chi connectivity index (χ3n) is 2.26. The number of aliphatic hydroxyl groups is 1. The number of alkyl halides is 3. The Kier molecular flexibility index (Phi) is 3.03. The predicted octanol–water partition coefficient (Wildman–Crippen LogP) is 0.457. The van der Waals surface area contributed by atoms with Crippen LogP contribution >= 0.6 is 11.3 Å². The lowest BCUT2D eigenvalue weighted by atomic mass is 10.0. The van der Waals surface area contributed by atoms with Crippen molar-refractivity contribution in [3.05, 3.63) is 10.8 Å². The number of nitrogens with two attached hydrogens (primary N) is 1. The van der Waals surface area contributed by atoms with Gasteiger partial charge in [0.05, 0.1) is 5.60 Å². The molecular weight excluding hydrogens is 271 g/mol. The van der Waals surface area contributed by atoms with Gasteiger partial charge in [0.2, 0.25) is 4.96 Å². The summed E-state index contributed by atoms with van der Waals surface area (Å²) in [6.45, 7) is 1.47. The van der Waals surface area contributed by atoms with Crippen LogP contribution in [0.4, 0.5) is 13.2 Å². The number of nitrogens with zero attached hydrogens (tertiary/aromatic N) is 4. The molecule has 0 aliphatic carbocycles. The van der Waals surface area contributed by atoms with Crippen LogP contribution in [-0.4, -0.2) is 37.1 Å². The molecule has 0 aromatic carbocycles. The first kappa shape index (κ1) is 13.2. The average molecular weight is 281 g/mol. The lowest BCUT2D eigenvalue weighted by Crippen LogP contribution is -2.36. The molecule has 0 saturated heterocycles. The van der Waals surface area contributed by atoms with E-state index >= 15 is 0 Å². The van der Waals surface area contributed by atoms with Gasteiger partial charge in [-0.25, -0.2) is 0 Å². The first-order valence-electron chi connectivity index (χ1n) is 4.94. The molecule has 0 spiro atoms. The molecule has 10 heteroatoms. The van der Waals surface area contributed by atoms with Gasteiger partial charge >= 0.3 is 6.18 Å². The molecule has 2 rings (SSSR count). The van der Waals surface area contributed by atoms with Crippen LogP contribution in [0.15, 0.2) is 0 Å². The van der Waals surface area contributed by atoms with E-state index in [-0.39, 0.29) is 17.9 Å². The topological polar surface area (TPSA) is 89.3 Å². The van der Waals surface area contributed by atoms with E-state index in [2.05, 4.69) is 15.3 Å². The van der Waals surface area contributed by atoms with Crippen LogP contribution in [-0.2, 0) is 12.6 Å². The lowest BCUT2D eigenvalue weighted by Gasteiger charge is -2.18. The summed E-state index contributed by atoms with van der Waals surface area (Å²) in [6.07, 6.45) is -4.55. The number of halogens is 3. The normalized spacial score (nSPS) is 16.1. The van der Waals surface area contributed by atoms with Gasteiger partial charge in [0.15, 0.2) is 0 Å². The van der Waals surface area contributed by atoms with E-state index in [0.29, 0.717) is 9.52 Å². The van der Waals surface area contributed by atoms with Crippen LogP contribution < -0.4 is 5.73 Å². The van der Waals surface area contributed by atoms with E-state index in [1.807, 2.05) is 0 Å². The smallest absolute Gasteiger partial charge is 0.388 e. The third kappa shape index (κ3) is 2.44. The van der Waals surface area contributed by atoms with Gasteiger partial charge in [0.25, 0.3) is 5.82 Å². The molecule has 100 valence electrons. The van der Waals surface area contributed by atoms with Crippen LogP contribution in [0.1, 0.15) is 17.8 Å². The molecule has 0 radical (unpaired) electrons. The van der Waals surface area contributed by atoms with Crippen LogP contribution in [0.2, 0.25) is 0 Å². The summed E-state index contributed by atoms with van der Waals surface area (Å²) in [5.41, 5.74) is 4.13. The van der Waals surface area contributed by atoms with Crippen molar-refractivity contribution in [2.45, 2.75) is 25.1 Å². The van der Waals surface area contributed by atoms with Crippen LogP contribution in [0.5, 0.6) is 0 Å². The highest BCUT2D eigenvalue weighted by atomic mass is 32.1. The summed E-state index contributed by atoms with van der Waals surface area (Å²) in [4.78, 5) is 0.0325. The Balaban J connectivity index is 2.37. The number of rotatable bonds is 3. The van der Waals surface area contributed by atoms with Gasteiger partial charge in [-0.1, -0.05) is 11.3 Å². The van der Waals surface area contributed by atoms with Crippen molar-refractivity contribution in [2.24, 2.45) is 5.73 Å². The molecule has 0 aliphatic heterocycles. The molecule has 2 aromatic heterocycles. The van der Waals surface area contributed by atoms with E-state index in [0.717, 1.165) is 11.3 Å². The minimum absolute atomic E-state index is 0.0146. The van der Waals surface area contributed by atoms with Crippen LogP contribution in [0, 0.1) is 0 Å². The summed E-state index contributed by atoms with van der Waals surface area (Å²) >= 11 is 0.939. The van der Waals surface area contributed by atoms with Crippen LogP contribution in [0.25, 0.3) is 4.96 Å². The first-order valence-corrected chi connectivity index (χ1v) is 5.75. The molecule has 2 aromatic rings. The number of hydrogen-bond acceptors (Lipinski definition) is 6. The largest absolute Gasteiger partial charge is 0.453 e. The van der Waals surface area contributed by atoms with Crippen molar-refractivity contribution in [1.29, 1.82) is 0 Å². The highest BCUT2D eigenvalue weighted by Crippen LogP contribution is 2.29. The Morgan fingerprint density at radius 2 is 2.06 bits per heavy atom. The summed E-state index contributed by atoms with van der Waals surface area (Å²) in [7, 11) is 0. The van der Waals surface area contributed by atoms with E-state index in [1.54, 1.807) is 0 Å². The summed E-state index contributed by atoms with van der Waals surface area (Å²) in [6, 6.07) is 0. The van der Waals surface area contributed by atoms with Gasteiger partial charge in [-0.2, -0.15) is 22.8 Å². The van der Waals surface area contributed by atoms with Crippen molar-refractivity contribution < 1.29 is 18.3 Å². The van der Waals surface area contributed by atoms with E-state index in [9.17, 15) is 18.3 Å². The Labute approximate surface area is 103 Å². The van der Waals surface area contributed by atoms with Crippen molar-refractivity contribution >= 4 is 16.3 Å². The monoisotopic (exact) mass is 281 g/mol. The van der Waals surface area contributed by atoms with Gasteiger partial charge in [-0.3, -0.25) is 0 Å². The molecule has 0 bridgehead atoms. The fraction of sp³-hybridized carbons (Fsp3) is 0.625. The molecule has 1 atom stereocenters. The molecule has 6 nitrogen and oxygen atoms in total. The number of hydrogen-bond donors (Lipinski definition) is 2. The van der Waals surface area contributed by atoms with E-state index in [4.69, 9.17) is 5.73 Å². The van der Waals surface area contributed by atoms with E-state index < -0.39 is 17.6 Å². The second kappa shape index (κ2) is 4.14.